The van der Waals surface area contributed by atoms with Gasteiger partial charge in [0, 0.05) is 0 Å². The quantitative estimate of drug-likeness (QED) is 0.154. The predicted octanol–water partition coefficient (Wildman–Crippen LogP) is 0.739. The van der Waals surface area contributed by atoms with Crippen molar-refractivity contribution in [1.29, 1.82) is 0 Å². The van der Waals surface area contributed by atoms with Gasteiger partial charge in [-0.05, 0) is 6.08 Å². The van der Waals surface area contributed by atoms with E-state index in [2.05, 4.69) is 13.5 Å². The summed E-state index contributed by atoms with van der Waals surface area (Å²) in [4.78, 5) is 72.9. The second kappa shape index (κ2) is 8.23. The van der Waals surface area contributed by atoms with Crippen molar-refractivity contribution in [3.8, 4) is 0 Å². The Bertz CT molecular complexity index is 1010. The highest BCUT2D eigenvalue weighted by atomic mass is 31.2. The molecule has 0 aromatic rings. The summed E-state index contributed by atoms with van der Waals surface area (Å²) in [5.74, 6) is -18.5. The average Bonchev–Trinajstić information content (AvgIpc) is 2.66. The summed E-state index contributed by atoms with van der Waals surface area (Å²) >= 11 is 0. The lowest BCUT2D eigenvalue weighted by Crippen LogP contribution is -2.77. The van der Waals surface area contributed by atoms with Crippen LogP contribution in [0.3, 0.4) is 0 Å². The molecule has 6 N–H and O–H groups in total. The molecule has 3 atom stereocenters. The molecule has 1 aliphatic heterocycles. The molecule has 2 aliphatic rings. The van der Waals surface area contributed by atoms with Gasteiger partial charge < -0.3 is 35.2 Å². The van der Waals surface area contributed by atoms with Crippen molar-refractivity contribution in [2.24, 2.45) is 30.3 Å². The van der Waals surface area contributed by atoms with Crippen LogP contribution < -0.4 is 0 Å². The number of hydrogen-bond acceptors (Lipinski definition) is 10. The molecule has 0 aromatic heterocycles. The van der Waals surface area contributed by atoms with Crippen molar-refractivity contribution in [3.63, 3.8) is 0 Å². The number of carboxylic acids is 6. The Morgan fingerprint density at radius 1 is 0.839 bits per heavy atom. The highest BCUT2D eigenvalue weighted by Gasteiger charge is 2.86. The van der Waals surface area contributed by atoms with E-state index >= 15 is 0 Å². The number of rotatable bonds is 8. The minimum absolute atomic E-state index is 0.0452. The summed E-state index contributed by atoms with van der Waals surface area (Å²) in [5.41, 5.74) is -12.4. The maximum absolute atomic E-state index is 12.3. The number of carboxylic acid groups (broad SMARTS) is 6. The number of hydrogen-bond donors (Lipinski definition) is 6. The maximum Gasteiger partial charge on any atom is 0.342 e. The Kier molecular flexibility index (Phi) is 6.43. The lowest BCUT2D eigenvalue weighted by atomic mass is 9.47. The molecule has 31 heavy (non-hydrogen) atoms. The molecule has 1 heterocycles. The Balaban J connectivity index is 3.16. The van der Waals surface area contributed by atoms with Gasteiger partial charge in [-0.3, -0.25) is 24.0 Å². The Morgan fingerprint density at radius 3 is 1.74 bits per heavy atom. The molecule has 0 saturated heterocycles. The van der Waals surface area contributed by atoms with Crippen LogP contribution in [0.15, 0.2) is 25.7 Å². The first-order valence-corrected chi connectivity index (χ1v) is 10.4. The Morgan fingerprint density at radius 2 is 1.39 bits per heavy atom. The van der Waals surface area contributed by atoms with E-state index < -0.39 is 66.3 Å². The fourth-order valence-electron chi connectivity index (χ4n) is 3.44. The van der Waals surface area contributed by atoms with E-state index in [1.54, 1.807) is 0 Å². The Labute approximate surface area is 173 Å². The molecule has 0 radical (unpaired) electrons. The second-order valence-corrected chi connectivity index (χ2v) is 9.29. The highest BCUT2D eigenvalue weighted by molar-refractivity contribution is 7.56. The van der Waals surface area contributed by atoms with Gasteiger partial charge in [0.2, 0.25) is 24.5 Å². The summed E-state index contributed by atoms with van der Waals surface area (Å²) in [5, 5.41) is 58.4. The third-order valence-corrected chi connectivity index (χ3v) is 7.86. The fraction of sp³-hybridized carbons (Fsp3) is 0.333. The first-order chi connectivity index (χ1) is 14.3. The minimum Gasteiger partial charge on any atom is -0.481 e. The molecule has 19 heteroatoms. The monoisotopic (exact) mass is 497 g/mol. The molecule has 0 saturated carbocycles. The lowest BCUT2D eigenvalue weighted by molar-refractivity contribution is -0.223. The van der Waals surface area contributed by atoms with Gasteiger partial charge in [-0.1, -0.05) is 6.08 Å². The maximum atomic E-state index is 12.3. The predicted molar refractivity (Wildman–Crippen MR) is 96.6 cm³/mol. The molecule has 0 spiro atoms. The van der Waals surface area contributed by atoms with Crippen LogP contribution in [0, 0.1) is 16.7 Å². The first-order valence-electron chi connectivity index (χ1n) is 7.50. The largest absolute Gasteiger partial charge is 0.481 e. The molecule has 0 bridgehead atoms. The SMILES string of the molecule is O=C(O)C1C=CC(O[PH]2=NP=NP=N2)(C(=O)O)C(C(=O)O)(C(=O)O)C1(C(=O)O)C(=O)O. The van der Waals surface area contributed by atoms with Crippen LogP contribution in [0.1, 0.15) is 0 Å². The third kappa shape index (κ3) is 3.07. The van der Waals surface area contributed by atoms with E-state index in [9.17, 15) is 59.4 Å². The van der Waals surface area contributed by atoms with Crippen LogP contribution in [0.4, 0.5) is 0 Å². The van der Waals surface area contributed by atoms with E-state index in [0.29, 0.717) is 0 Å². The summed E-state index contributed by atoms with van der Waals surface area (Å²) in [6.45, 7) is 0. The molecule has 3 unspecified atom stereocenters. The van der Waals surface area contributed by atoms with Gasteiger partial charge in [0.05, 0.1) is 0 Å². The Hall–Kier alpha value is -3.05. The molecule has 0 aromatic carbocycles. The van der Waals surface area contributed by atoms with Gasteiger partial charge in [-0.2, -0.15) is 13.5 Å². The summed E-state index contributed by atoms with van der Waals surface area (Å²) < 4.78 is 16.0. The van der Waals surface area contributed by atoms with Crippen molar-refractivity contribution >= 4 is 61.0 Å². The van der Waals surface area contributed by atoms with Gasteiger partial charge in [0.1, 0.15) is 5.92 Å². The van der Waals surface area contributed by atoms with Gasteiger partial charge in [0.25, 0.3) is 0 Å². The van der Waals surface area contributed by atoms with Crippen molar-refractivity contribution in [2.45, 2.75) is 5.60 Å². The van der Waals surface area contributed by atoms with Crippen molar-refractivity contribution in [1.82, 2.24) is 0 Å². The van der Waals surface area contributed by atoms with Gasteiger partial charge in [-0.25, -0.2) is 4.79 Å². The molecule has 1 aliphatic carbocycles. The van der Waals surface area contributed by atoms with E-state index in [4.69, 9.17) is 4.52 Å². The molecule has 0 amide bonds. The number of carbonyl (C=O) groups is 6. The number of nitrogens with zero attached hydrogens (tertiary/aromatic N) is 3. The summed E-state index contributed by atoms with van der Waals surface area (Å²) in [7, 11) is -3.17. The highest BCUT2D eigenvalue weighted by Crippen LogP contribution is 2.61. The normalized spacial score (nSPS) is 28.6. The first kappa shape index (κ1) is 24.2. The average molecular weight is 497 g/mol. The molecule has 0 fully saturated rings. The lowest BCUT2D eigenvalue weighted by Gasteiger charge is -2.50. The zero-order valence-electron chi connectivity index (χ0n) is 14.5. The second-order valence-electron chi connectivity index (χ2n) is 5.85. The van der Waals surface area contributed by atoms with E-state index in [1.165, 1.54) is 0 Å². The standard InChI is InChI=1S/C12H10N3O13P3/c16-4(17)3-1-2-10(5(18)19,28-31-14-29-13-30-15-31)12(8(24)25,9(26)27)11(3,6(20)21)7(22)23/h1-3,31H,(H,16,17)(H,18,19)(H,20,21)(H,22,23)(H,24,25)(H,26,27). The van der Waals surface area contributed by atoms with Crippen molar-refractivity contribution in [2.75, 3.05) is 0 Å². The zero-order valence-corrected chi connectivity index (χ0v) is 17.3. The molecular weight excluding hydrogens is 487 g/mol. The minimum atomic E-state index is -4.41. The van der Waals surface area contributed by atoms with Crippen LogP contribution >= 0.6 is 25.1 Å². The molecule has 2 rings (SSSR count). The number of aliphatic carboxylic acids is 6. The van der Waals surface area contributed by atoms with Gasteiger partial charge >= 0.3 is 35.8 Å². The smallest absolute Gasteiger partial charge is 0.342 e. The molecular formula is C12H10N3O13P3. The summed E-state index contributed by atoms with van der Waals surface area (Å²) in [6, 6.07) is 0. The van der Waals surface area contributed by atoms with Crippen LogP contribution in [0.5, 0.6) is 0 Å². The van der Waals surface area contributed by atoms with E-state index in [0.717, 1.165) is 0 Å². The van der Waals surface area contributed by atoms with Crippen molar-refractivity contribution in [3.05, 3.63) is 12.2 Å². The van der Waals surface area contributed by atoms with Gasteiger partial charge in [-0.15, -0.1) is 0 Å². The van der Waals surface area contributed by atoms with Crippen LogP contribution in [0.25, 0.3) is 0 Å². The van der Waals surface area contributed by atoms with Gasteiger partial charge in [0.15, 0.2) is 17.0 Å². The molecule has 166 valence electrons. The van der Waals surface area contributed by atoms with Crippen LogP contribution in [0.2, 0.25) is 0 Å². The van der Waals surface area contributed by atoms with Crippen molar-refractivity contribution < 1.29 is 63.9 Å². The van der Waals surface area contributed by atoms with E-state index in [1.807, 2.05) is 0 Å². The fourth-order valence-corrected chi connectivity index (χ4v) is 6.68. The third-order valence-electron chi connectivity index (χ3n) is 4.63. The topological polar surface area (TPSA) is 270 Å². The van der Waals surface area contributed by atoms with Crippen LogP contribution in [-0.4, -0.2) is 72.1 Å². The molecule has 16 nitrogen and oxygen atoms in total. The zero-order chi connectivity index (χ0) is 23.8. The van der Waals surface area contributed by atoms with Crippen LogP contribution in [-0.2, 0) is 33.3 Å². The van der Waals surface area contributed by atoms with E-state index in [-0.39, 0.29) is 29.2 Å². The summed E-state index contributed by atoms with van der Waals surface area (Å²) in [6.07, 6.45) is 0.455.